The molecular weight excluding hydrogens is 374 g/mol. The third-order valence-corrected chi connectivity index (χ3v) is 5.54. The van der Waals surface area contributed by atoms with Gasteiger partial charge in [0.2, 0.25) is 0 Å². The van der Waals surface area contributed by atoms with Crippen LogP contribution in [0.2, 0.25) is 0 Å². The Balaban J connectivity index is 1.67. The standard InChI is InChI=1S/C18H16F2N4O2S/c19-12-1-2-15(22-8-12)16(25)23-14-6-11(5-13(20)7-14)18-10(3-4-26-18)9-27-17(21)24-18/h1-2,5-8,10H,3-4,9H2,(H2,21,24)(H,23,25)/t10-,18+/m0/s1. The smallest absolute Gasteiger partial charge is 0.274 e. The van der Waals surface area contributed by atoms with E-state index in [2.05, 4.69) is 15.3 Å². The molecule has 1 amide bonds. The third kappa shape index (κ3) is 3.40. The molecule has 3 heterocycles. The van der Waals surface area contributed by atoms with Crippen molar-refractivity contribution in [2.45, 2.75) is 12.1 Å². The van der Waals surface area contributed by atoms with Crippen molar-refractivity contribution in [2.24, 2.45) is 16.6 Å². The van der Waals surface area contributed by atoms with E-state index in [1.807, 2.05) is 0 Å². The molecule has 2 atom stereocenters. The molecule has 0 aliphatic carbocycles. The fraction of sp³-hybridized carbons (Fsp3) is 0.278. The number of nitrogens with two attached hydrogens (primary N) is 1. The van der Waals surface area contributed by atoms with Crippen LogP contribution in [0.5, 0.6) is 0 Å². The molecule has 1 fully saturated rings. The number of hydrogen-bond donors (Lipinski definition) is 2. The van der Waals surface area contributed by atoms with E-state index in [-0.39, 0.29) is 17.3 Å². The number of nitrogens with one attached hydrogen (secondary N) is 1. The lowest BCUT2D eigenvalue weighted by Crippen LogP contribution is -2.38. The molecule has 2 aromatic rings. The summed E-state index contributed by atoms with van der Waals surface area (Å²) in [6, 6.07) is 6.54. The van der Waals surface area contributed by atoms with Gasteiger partial charge in [0, 0.05) is 22.9 Å². The predicted octanol–water partition coefficient (Wildman–Crippen LogP) is 2.86. The highest BCUT2D eigenvalue weighted by atomic mass is 32.2. The highest BCUT2D eigenvalue weighted by Crippen LogP contribution is 2.47. The number of halogens is 2. The van der Waals surface area contributed by atoms with E-state index >= 15 is 0 Å². The first kappa shape index (κ1) is 17.9. The fourth-order valence-corrected chi connectivity index (χ4v) is 4.29. The van der Waals surface area contributed by atoms with Crippen LogP contribution in [-0.2, 0) is 10.5 Å². The molecule has 0 unspecified atom stereocenters. The van der Waals surface area contributed by atoms with Gasteiger partial charge in [0.15, 0.2) is 10.9 Å². The number of carbonyl (C=O) groups is 1. The lowest BCUT2D eigenvalue weighted by atomic mass is 9.90. The number of anilines is 1. The summed E-state index contributed by atoms with van der Waals surface area (Å²) in [6.45, 7) is 0.500. The van der Waals surface area contributed by atoms with Gasteiger partial charge < -0.3 is 15.8 Å². The average Bonchev–Trinajstić information content (AvgIpc) is 3.06. The number of amidine groups is 1. The molecule has 2 aliphatic rings. The van der Waals surface area contributed by atoms with Crippen molar-refractivity contribution in [3.8, 4) is 0 Å². The first-order chi connectivity index (χ1) is 13.0. The number of aromatic nitrogens is 1. The predicted molar refractivity (Wildman–Crippen MR) is 98.4 cm³/mol. The van der Waals surface area contributed by atoms with Crippen LogP contribution in [0.15, 0.2) is 41.5 Å². The van der Waals surface area contributed by atoms with Crippen LogP contribution in [0.4, 0.5) is 14.5 Å². The lowest BCUT2D eigenvalue weighted by molar-refractivity contribution is -0.0145. The van der Waals surface area contributed by atoms with Crippen molar-refractivity contribution >= 4 is 28.5 Å². The normalized spacial score (nSPS) is 24.2. The molecule has 2 aliphatic heterocycles. The summed E-state index contributed by atoms with van der Waals surface area (Å²) in [7, 11) is 0. The first-order valence-corrected chi connectivity index (χ1v) is 9.31. The molecule has 6 nitrogen and oxygen atoms in total. The van der Waals surface area contributed by atoms with Gasteiger partial charge in [-0.15, -0.1) is 0 Å². The number of carbonyl (C=O) groups excluding carboxylic acids is 1. The van der Waals surface area contributed by atoms with E-state index in [0.29, 0.717) is 17.3 Å². The Bertz CT molecular complexity index is 922. The molecule has 140 valence electrons. The third-order valence-electron chi connectivity index (χ3n) is 4.58. The highest BCUT2D eigenvalue weighted by molar-refractivity contribution is 8.13. The van der Waals surface area contributed by atoms with Crippen LogP contribution in [-0.4, -0.2) is 28.4 Å². The van der Waals surface area contributed by atoms with Crippen molar-refractivity contribution in [1.29, 1.82) is 0 Å². The van der Waals surface area contributed by atoms with E-state index in [9.17, 15) is 13.6 Å². The minimum absolute atomic E-state index is 0.0201. The Morgan fingerprint density at radius 1 is 1.30 bits per heavy atom. The number of fused-ring (bicyclic) bond motifs is 1. The molecule has 1 saturated heterocycles. The molecule has 4 rings (SSSR count). The molecule has 27 heavy (non-hydrogen) atoms. The molecule has 0 bridgehead atoms. The number of nitrogens with zero attached hydrogens (tertiary/aromatic N) is 2. The summed E-state index contributed by atoms with van der Waals surface area (Å²) in [6.07, 6.45) is 1.74. The van der Waals surface area contributed by atoms with Crippen molar-refractivity contribution in [3.63, 3.8) is 0 Å². The van der Waals surface area contributed by atoms with Gasteiger partial charge in [-0.05, 0) is 36.8 Å². The number of amides is 1. The van der Waals surface area contributed by atoms with Crippen LogP contribution < -0.4 is 11.1 Å². The minimum Gasteiger partial charge on any atom is -0.378 e. The molecule has 3 N–H and O–H groups in total. The van der Waals surface area contributed by atoms with E-state index in [4.69, 9.17) is 10.5 Å². The second-order valence-electron chi connectivity index (χ2n) is 6.34. The number of ether oxygens (including phenoxy) is 1. The molecule has 9 heteroatoms. The second-order valence-corrected chi connectivity index (χ2v) is 7.38. The second kappa shape index (κ2) is 6.90. The van der Waals surface area contributed by atoms with Crippen LogP contribution in [0.1, 0.15) is 22.5 Å². The maximum atomic E-state index is 14.3. The number of rotatable bonds is 3. The molecule has 1 aromatic carbocycles. The summed E-state index contributed by atoms with van der Waals surface area (Å²) < 4.78 is 33.1. The molecule has 1 aromatic heterocycles. The average molecular weight is 390 g/mol. The van der Waals surface area contributed by atoms with Crippen molar-refractivity contribution in [3.05, 3.63) is 59.4 Å². The van der Waals surface area contributed by atoms with E-state index in [0.717, 1.165) is 24.4 Å². The summed E-state index contributed by atoms with van der Waals surface area (Å²) in [4.78, 5) is 20.5. The Hall–Kier alpha value is -2.52. The summed E-state index contributed by atoms with van der Waals surface area (Å²) >= 11 is 1.45. The topological polar surface area (TPSA) is 89.6 Å². The fourth-order valence-electron chi connectivity index (χ4n) is 3.33. The van der Waals surface area contributed by atoms with Gasteiger partial charge in [-0.1, -0.05) is 11.8 Å². The largest absolute Gasteiger partial charge is 0.378 e. The van der Waals surface area contributed by atoms with E-state index in [1.165, 1.54) is 30.0 Å². The number of benzene rings is 1. The van der Waals surface area contributed by atoms with Gasteiger partial charge in [-0.3, -0.25) is 4.79 Å². The van der Waals surface area contributed by atoms with Crippen molar-refractivity contribution in [2.75, 3.05) is 17.7 Å². The van der Waals surface area contributed by atoms with Crippen LogP contribution in [0, 0.1) is 17.6 Å². The summed E-state index contributed by atoms with van der Waals surface area (Å²) in [5.41, 5.74) is 5.60. The molecule has 0 radical (unpaired) electrons. The zero-order chi connectivity index (χ0) is 19.0. The Morgan fingerprint density at radius 3 is 2.93 bits per heavy atom. The van der Waals surface area contributed by atoms with Crippen LogP contribution in [0.25, 0.3) is 0 Å². The quantitative estimate of drug-likeness (QED) is 0.841. The van der Waals surface area contributed by atoms with Crippen LogP contribution in [0.3, 0.4) is 0 Å². The minimum atomic E-state index is -1.04. The summed E-state index contributed by atoms with van der Waals surface area (Å²) in [5.74, 6) is -0.860. The molecule has 0 saturated carbocycles. The van der Waals surface area contributed by atoms with Gasteiger partial charge in [-0.25, -0.2) is 18.8 Å². The van der Waals surface area contributed by atoms with Gasteiger partial charge >= 0.3 is 0 Å². The Labute approximate surface area is 158 Å². The Morgan fingerprint density at radius 2 is 2.15 bits per heavy atom. The summed E-state index contributed by atoms with van der Waals surface area (Å²) in [5, 5.41) is 2.97. The Kier molecular flexibility index (Phi) is 4.56. The number of thioether (sulfide) groups is 1. The zero-order valence-corrected chi connectivity index (χ0v) is 14.9. The monoisotopic (exact) mass is 390 g/mol. The van der Waals surface area contributed by atoms with Crippen LogP contribution >= 0.6 is 11.8 Å². The maximum absolute atomic E-state index is 14.3. The highest BCUT2D eigenvalue weighted by Gasteiger charge is 2.48. The maximum Gasteiger partial charge on any atom is 0.274 e. The lowest BCUT2D eigenvalue weighted by Gasteiger charge is -2.34. The van der Waals surface area contributed by atoms with Gasteiger partial charge in [-0.2, -0.15) is 0 Å². The number of aliphatic imine (C=N–C) groups is 1. The van der Waals surface area contributed by atoms with E-state index < -0.39 is 23.3 Å². The zero-order valence-electron chi connectivity index (χ0n) is 14.1. The van der Waals surface area contributed by atoms with Gasteiger partial charge in [0.1, 0.15) is 17.3 Å². The SMILES string of the molecule is NC1=N[C@@]2(c3cc(F)cc(NC(=O)c4ccc(F)cn4)c3)OCC[C@H]2CS1. The van der Waals surface area contributed by atoms with Crippen molar-refractivity contribution in [1.82, 2.24) is 4.98 Å². The number of pyridine rings is 1. The van der Waals surface area contributed by atoms with Gasteiger partial charge in [0.25, 0.3) is 5.91 Å². The van der Waals surface area contributed by atoms with Gasteiger partial charge in [0.05, 0.1) is 12.8 Å². The first-order valence-electron chi connectivity index (χ1n) is 8.32. The number of hydrogen-bond acceptors (Lipinski definition) is 6. The van der Waals surface area contributed by atoms with Crippen molar-refractivity contribution < 1.29 is 18.3 Å². The van der Waals surface area contributed by atoms with E-state index in [1.54, 1.807) is 6.07 Å². The molecule has 0 spiro atoms. The molecular formula is C18H16F2N4O2S.